The Kier molecular flexibility index (Phi) is 5.79. The zero-order valence-electron chi connectivity index (χ0n) is 14.5. The zero-order valence-corrected chi connectivity index (χ0v) is 14.5. The maximum Gasteiger partial charge on any atom is 0.246 e. The Morgan fingerprint density at radius 2 is 1.95 bits per heavy atom. The summed E-state index contributed by atoms with van der Waals surface area (Å²) < 4.78 is 0. The van der Waals surface area contributed by atoms with E-state index in [-0.39, 0.29) is 35.2 Å². The molecule has 0 aliphatic heterocycles. The summed E-state index contributed by atoms with van der Waals surface area (Å²) in [6, 6.07) is -0.177. The highest BCUT2D eigenvalue weighted by molar-refractivity contribution is 5.92. The van der Waals surface area contributed by atoms with Gasteiger partial charge in [-0.05, 0) is 52.9 Å². The monoisotopic (exact) mass is 309 g/mol. The topological polar surface area (TPSA) is 84.2 Å². The van der Waals surface area contributed by atoms with E-state index in [0.717, 1.165) is 12.8 Å². The molecule has 1 aliphatic rings. The van der Waals surface area contributed by atoms with Crippen molar-refractivity contribution in [1.82, 2.24) is 10.6 Å². The molecule has 0 saturated heterocycles. The molecule has 0 radical (unpaired) electrons. The number of carbonyl (C=O) groups excluding carboxylic acids is 2. The van der Waals surface area contributed by atoms with Crippen LogP contribution in [0.4, 0.5) is 0 Å². The predicted molar refractivity (Wildman–Crippen MR) is 89.1 cm³/mol. The maximum absolute atomic E-state index is 13.0. The van der Waals surface area contributed by atoms with Gasteiger partial charge in [0.25, 0.3) is 0 Å². The normalized spacial score (nSPS) is 30.3. The van der Waals surface area contributed by atoms with Crippen molar-refractivity contribution in [2.75, 3.05) is 0 Å². The van der Waals surface area contributed by atoms with E-state index in [4.69, 9.17) is 5.73 Å². The molecule has 0 aromatic rings. The van der Waals surface area contributed by atoms with E-state index >= 15 is 0 Å². The summed E-state index contributed by atoms with van der Waals surface area (Å²) in [5.74, 6) is -0.244. The van der Waals surface area contributed by atoms with Gasteiger partial charge >= 0.3 is 0 Å². The average molecular weight is 309 g/mol. The van der Waals surface area contributed by atoms with Crippen molar-refractivity contribution in [2.24, 2.45) is 17.6 Å². The van der Waals surface area contributed by atoms with E-state index < -0.39 is 5.54 Å². The van der Waals surface area contributed by atoms with E-state index in [1.807, 2.05) is 33.8 Å². The van der Waals surface area contributed by atoms with Gasteiger partial charge in [-0.2, -0.15) is 0 Å². The molecule has 0 heterocycles. The summed E-state index contributed by atoms with van der Waals surface area (Å²) >= 11 is 0. The number of hydrogen-bond acceptors (Lipinski definition) is 3. The van der Waals surface area contributed by atoms with Crippen molar-refractivity contribution in [3.05, 3.63) is 12.7 Å². The maximum atomic E-state index is 13.0. The molecule has 1 aliphatic carbocycles. The van der Waals surface area contributed by atoms with Crippen LogP contribution < -0.4 is 16.4 Å². The minimum absolute atomic E-state index is 0.0880. The van der Waals surface area contributed by atoms with Gasteiger partial charge in [0.15, 0.2) is 0 Å². The van der Waals surface area contributed by atoms with Crippen molar-refractivity contribution in [3.63, 3.8) is 0 Å². The van der Waals surface area contributed by atoms with Crippen LogP contribution in [0.2, 0.25) is 0 Å². The fraction of sp³-hybridized carbons (Fsp3) is 0.765. The van der Waals surface area contributed by atoms with E-state index in [0.29, 0.717) is 6.42 Å². The van der Waals surface area contributed by atoms with Gasteiger partial charge in [-0.25, -0.2) is 0 Å². The standard InChI is InChI=1S/C17H31N3O2/c1-7-13-8-9-14(11(2)18)17(10-13,19-12(3)21)15(22)20-16(4,5)6/h7,11,13-14H,1,8-10,18H2,2-6H3,(H,19,21)(H,20,22)/t11?,13-,14+,17-/m1/s1. The lowest BCUT2D eigenvalue weighted by Gasteiger charge is -2.48. The summed E-state index contributed by atoms with van der Waals surface area (Å²) in [6.07, 6.45) is 4.16. The van der Waals surface area contributed by atoms with Gasteiger partial charge in [0.2, 0.25) is 11.8 Å². The molecule has 22 heavy (non-hydrogen) atoms. The lowest BCUT2D eigenvalue weighted by Crippen LogP contribution is -2.69. The fourth-order valence-corrected chi connectivity index (χ4v) is 3.45. The summed E-state index contributed by atoms with van der Waals surface area (Å²) in [5, 5.41) is 5.96. The molecule has 2 amide bonds. The molecule has 1 unspecified atom stereocenters. The number of amides is 2. The third kappa shape index (κ3) is 4.32. The van der Waals surface area contributed by atoms with Crippen molar-refractivity contribution in [1.29, 1.82) is 0 Å². The van der Waals surface area contributed by atoms with Gasteiger partial charge in [0.05, 0.1) is 0 Å². The minimum Gasteiger partial charge on any atom is -0.349 e. The number of carbonyl (C=O) groups is 2. The first kappa shape index (κ1) is 18.7. The number of allylic oxidation sites excluding steroid dienone is 1. The van der Waals surface area contributed by atoms with Crippen molar-refractivity contribution < 1.29 is 9.59 Å². The Bertz CT molecular complexity index is 440. The molecule has 0 aromatic heterocycles. The first-order valence-electron chi connectivity index (χ1n) is 8.01. The third-order valence-corrected chi connectivity index (χ3v) is 4.33. The summed E-state index contributed by atoms with van der Waals surface area (Å²) in [7, 11) is 0. The molecule has 4 atom stereocenters. The molecular weight excluding hydrogens is 278 g/mol. The lowest BCUT2D eigenvalue weighted by molar-refractivity contribution is -0.139. The molecule has 0 aromatic carbocycles. The molecule has 0 spiro atoms. The van der Waals surface area contributed by atoms with E-state index in [1.54, 1.807) is 0 Å². The average Bonchev–Trinajstić information content (AvgIpc) is 2.35. The molecule has 1 saturated carbocycles. The first-order chi connectivity index (χ1) is 10.0. The van der Waals surface area contributed by atoms with E-state index in [2.05, 4.69) is 17.2 Å². The molecule has 5 nitrogen and oxygen atoms in total. The second-order valence-corrected chi connectivity index (χ2v) is 7.60. The lowest BCUT2D eigenvalue weighted by atomic mass is 9.65. The number of nitrogens with one attached hydrogen (secondary N) is 2. The molecule has 4 N–H and O–H groups in total. The second-order valence-electron chi connectivity index (χ2n) is 7.60. The Hall–Kier alpha value is -1.36. The highest BCUT2D eigenvalue weighted by Crippen LogP contribution is 2.39. The Morgan fingerprint density at radius 1 is 1.36 bits per heavy atom. The largest absolute Gasteiger partial charge is 0.349 e. The molecule has 1 rings (SSSR count). The van der Waals surface area contributed by atoms with Crippen LogP contribution in [-0.2, 0) is 9.59 Å². The minimum atomic E-state index is -0.968. The molecule has 5 heteroatoms. The zero-order chi connectivity index (χ0) is 17.1. The Labute approximate surface area is 134 Å². The van der Waals surface area contributed by atoms with Crippen molar-refractivity contribution in [2.45, 2.75) is 71.0 Å². The van der Waals surface area contributed by atoms with Crippen LogP contribution in [-0.4, -0.2) is 28.9 Å². The van der Waals surface area contributed by atoms with E-state index in [9.17, 15) is 9.59 Å². The number of hydrogen-bond donors (Lipinski definition) is 3. The van der Waals surface area contributed by atoms with Crippen LogP contribution >= 0.6 is 0 Å². The summed E-state index contributed by atoms with van der Waals surface area (Å²) in [4.78, 5) is 24.8. The second kappa shape index (κ2) is 6.82. The van der Waals surface area contributed by atoms with Gasteiger partial charge in [-0.15, -0.1) is 6.58 Å². The van der Waals surface area contributed by atoms with Gasteiger partial charge < -0.3 is 16.4 Å². The van der Waals surface area contributed by atoms with E-state index in [1.165, 1.54) is 6.92 Å². The first-order valence-corrected chi connectivity index (χ1v) is 8.01. The quantitative estimate of drug-likeness (QED) is 0.691. The molecule has 0 bridgehead atoms. The Balaban J connectivity index is 3.26. The highest BCUT2D eigenvalue weighted by atomic mass is 16.2. The third-order valence-electron chi connectivity index (χ3n) is 4.33. The van der Waals surface area contributed by atoms with Crippen LogP contribution in [0.25, 0.3) is 0 Å². The molecule has 1 fully saturated rings. The van der Waals surface area contributed by atoms with Crippen LogP contribution in [0.5, 0.6) is 0 Å². The number of rotatable bonds is 4. The van der Waals surface area contributed by atoms with Crippen LogP contribution in [0, 0.1) is 11.8 Å². The Morgan fingerprint density at radius 3 is 2.36 bits per heavy atom. The van der Waals surface area contributed by atoms with Crippen LogP contribution in [0.3, 0.4) is 0 Å². The van der Waals surface area contributed by atoms with Gasteiger partial charge in [0.1, 0.15) is 5.54 Å². The number of nitrogens with two attached hydrogens (primary N) is 1. The van der Waals surface area contributed by atoms with Gasteiger partial charge in [-0.1, -0.05) is 6.08 Å². The van der Waals surface area contributed by atoms with Gasteiger partial charge in [-0.3, -0.25) is 9.59 Å². The fourth-order valence-electron chi connectivity index (χ4n) is 3.45. The highest BCUT2D eigenvalue weighted by Gasteiger charge is 2.51. The van der Waals surface area contributed by atoms with Crippen molar-refractivity contribution in [3.8, 4) is 0 Å². The summed E-state index contributed by atoms with van der Waals surface area (Å²) in [5.41, 5.74) is 4.81. The summed E-state index contributed by atoms with van der Waals surface area (Å²) in [6.45, 7) is 13.0. The SMILES string of the molecule is C=C[C@@H]1CC[C@@H](C(C)N)[C@@](NC(C)=O)(C(=O)NC(C)(C)C)C1. The molecule has 126 valence electrons. The predicted octanol–water partition coefficient (Wildman–Crippen LogP) is 1.73. The smallest absolute Gasteiger partial charge is 0.246 e. The van der Waals surface area contributed by atoms with Gasteiger partial charge in [0, 0.05) is 24.4 Å². The van der Waals surface area contributed by atoms with Crippen LogP contribution in [0.1, 0.15) is 53.9 Å². The van der Waals surface area contributed by atoms with Crippen molar-refractivity contribution >= 4 is 11.8 Å². The molecular formula is C17H31N3O2. The van der Waals surface area contributed by atoms with Crippen LogP contribution in [0.15, 0.2) is 12.7 Å².